The van der Waals surface area contributed by atoms with E-state index in [9.17, 15) is 4.79 Å². The van der Waals surface area contributed by atoms with Gasteiger partial charge in [0.05, 0.1) is 26.8 Å². The van der Waals surface area contributed by atoms with Gasteiger partial charge in [-0.3, -0.25) is 0 Å². The highest BCUT2D eigenvalue weighted by atomic mass is 16.5. The fraction of sp³-hybridized carbons (Fsp3) is 0.629. The zero-order chi connectivity index (χ0) is 28.3. The first-order valence-corrected chi connectivity index (χ1v) is 15.6. The number of nitrogens with zero attached hydrogens (tertiary/aromatic N) is 1. The van der Waals surface area contributed by atoms with Crippen molar-refractivity contribution in [3.05, 3.63) is 65.7 Å². The van der Waals surface area contributed by atoms with Crippen molar-refractivity contribution in [3.8, 4) is 5.75 Å². The van der Waals surface area contributed by atoms with Crippen LogP contribution in [0.25, 0.3) is 0 Å². The first-order chi connectivity index (χ1) is 18.8. The number of unbranched alkanes of at least 4 members (excludes halogenated alkanes) is 10. The number of hydrogen-bond acceptors (Lipinski definition) is 3. The molecule has 4 nitrogen and oxygen atoms in total. The molecule has 2 unspecified atom stereocenters. The number of hydrogen-bond donors (Lipinski definition) is 0. The summed E-state index contributed by atoms with van der Waals surface area (Å²) in [5.41, 5.74) is 2.60. The zero-order valence-electron chi connectivity index (χ0n) is 25.6. The lowest BCUT2D eigenvalue weighted by molar-refractivity contribution is -0.917. The number of benzene rings is 2. The van der Waals surface area contributed by atoms with Crippen LogP contribution in [0, 0.1) is 0 Å². The summed E-state index contributed by atoms with van der Waals surface area (Å²) in [7, 11) is 4.15. The number of carbonyl (C=O) groups is 1. The van der Waals surface area contributed by atoms with Crippen molar-refractivity contribution in [2.75, 3.05) is 20.7 Å². The minimum absolute atomic E-state index is 0.0163. The van der Waals surface area contributed by atoms with E-state index in [1.165, 1.54) is 81.8 Å². The van der Waals surface area contributed by atoms with Crippen molar-refractivity contribution < 1.29 is 18.8 Å². The van der Waals surface area contributed by atoms with Gasteiger partial charge in [0.25, 0.3) is 0 Å². The Labute approximate surface area is 239 Å². The fourth-order valence-electron chi connectivity index (χ4n) is 4.94. The lowest BCUT2D eigenvalue weighted by Crippen LogP contribution is -2.51. The Balaban J connectivity index is 1.57. The predicted molar refractivity (Wildman–Crippen MR) is 164 cm³/mol. The fourth-order valence-corrected chi connectivity index (χ4v) is 4.94. The van der Waals surface area contributed by atoms with E-state index in [1.807, 2.05) is 32.0 Å². The highest BCUT2D eigenvalue weighted by Crippen LogP contribution is 2.19. The van der Waals surface area contributed by atoms with Crippen molar-refractivity contribution in [1.82, 2.24) is 0 Å². The van der Waals surface area contributed by atoms with Crippen LogP contribution in [0.3, 0.4) is 0 Å². The maximum absolute atomic E-state index is 12.7. The van der Waals surface area contributed by atoms with Gasteiger partial charge >= 0.3 is 5.97 Å². The van der Waals surface area contributed by atoms with Crippen LogP contribution in [0.1, 0.15) is 109 Å². The standard InChI is InChI=1S/C35H56NO3/c1-6-7-8-9-10-11-12-13-14-15-17-20-32-23-25-34(26-24-32)39-30(2)27-28-38-35(37)31(3)36(4,5)29-33-21-18-16-19-22-33/h16,18-19,21-26,30-31H,6-15,17,20,27-29H2,1-5H3/q+1. The van der Waals surface area contributed by atoms with E-state index >= 15 is 0 Å². The maximum Gasteiger partial charge on any atom is 0.364 e. The van der Waals surface area contributed by atoms with Crippen LogP contribution in [0.15, 0.2) is 54.6 Å². The Bertz CT molecular complexity index is 894. The molecule has 0 aliphatic rings. The molecular weight excluding hydrogens is 482 g/mol. The molecule has 2 aromatic carbocycles. The summed E-state index contributed by atoms with van der Waals surface area (Å²) in [6, 6.07) is 18.6. The number of esters is 1. The lowest BCUT2D eigenvalue weighted by atomic mass is 10.0. The van der Waals surface area contributed by atoms with Crippen molar-refractivity contribution in [2.24, 2.45) is 0 Å². The summed E-state index contributed by atoms with van der Waals surface area (Å²) >= 11 is 0. The number of rotatable bonds is 21. The zero-order valence-corrected chi connectivity index (χ0v) is 25.6. The summed E-state index contributed by atoms with van der Waals surface area (Å²) < 4.78 is 12.3. The molecule has 0 aliphatic carbocycles. The molecule has 0 heterocycles. The van der Waals surface area contributed by atoms with E-state index in [0.29, 0.717) is 17.5 Å². The second kappa shape index (κ2) is 18.9. The number of ether oxygens (including phenoxy) is 2. The molecule has 4 heteroatoms. The minimum Gasteiger partial charge on any atom is -0.491 e. The van der Waals surface area contributed by atoms with Crippen LogP contribution in [-0.2, 0) is 22.5 Å². The second-order valence-electron chi connectivity index (χ2n) is 11.9. The Morgan fingerprint density at radius 3 is 1.90 bits per heavy atom. The third-order valence-corrected chi connectivity index (χ3v) is 7.92. The number of likely N-dealkylation sites (N-methyl/N-ethyl adjacent to an activating group) is 1. The van der Waals surface area contributed by atoms with Crippen molar-refractivity contribution in [3.63, 3.8) is 0 Å². The number of carbonyl (C=O) groups excluding carboxylic acids is 1. The first kappa shape index (κ1) is 32.9. The molecule has 0 radical (unpaired) electrons. The summed E-state index contributed by atoms with van der Waals surface area (Å²) in [6.45, 7) is 7.41. The van der Waals surface area contributed by atoms with E-state index in [-0.39, 0.29) is 18.1 Å². The molecule has 2 atom stereocenters. The van der Waals surface area contributed by atoms with Gasteiger partial charge < -0.3 is 14.0 Å². The molecule has 218 valence electrons. The van der Waals surface area contributed by atoms with Crippen molar-refractivity contribution in [1.29, 1.82) is 0 Å². The average molecular weight is 539 g/mol. The minimum atomic E-state index is -0.241. The normalized spacial score (nSPS) is 13.2. The van der Waals surface area contributed by atoms with E-state index < -0.39 is 0 Å². The average Bonchev–Trinajstić information content (AvgIpc) is 2.92. The molecule has 0 aliphatic heterocycles. The highest BCUT2D eigenvalue weighted by Gasteiger charge is 2.32. The summed E-state index contributed by atoms with van der Waals surface area (Å²) in [5.74, 6) is 0.723. The van der Waals surface area contributed by atoms with Crippen LogP contribution in [-0.4, -0.2) is 43.3 Å². The van der Waals surface area contributed by atoms with Crippen molar-refractivity contribution in [2.45, 2.75) is 123 Å². The molecule has 2 rings (SSSR count). The summed E-state index contributed by atoms with van der Waals surface area (Å²) in [5, 5.41) is 0. The quantitative estimate of drug-likeness (QED) is 0.0904. The molecule has 0 fully saturated rings. The first-order valence-electron chi connectivity index (χ1n) is 15.6. The Morgan fingerprint density at radius 2 is 1.31 bits per heavy atom. The SMILES string of the molecule is CCCCCCCCCCCCCc1ccc(OC(C)CCOC(=O)C(C)[N+](C)(C)Cc2ccccc2)cc1. The van der Waals surface area contributed by atoms with Gasteiger partial charge in [-0.1, -0.05) is 114 Å². The van der Waals surface area contributed by atoms with Gasteiger partial charge in [-0.05, 0) is 44.4 Å². The van der Waals surface area contributed by atoms with Gasteiger partial charge in [-0.15, -0.1) is 0 Å². The molecule has 0 saturated heterocycles. The molecule has 0 aromatic heterocycles. The van der Waals surface area contributed by atoms with Gasteiger partial charge in [0.2, 0.25) is 0 Å². The summed E-state index contributed by atoms with van der Waals surface area (Å²) in [6.07, 6.45) is 16.9. The van der Waals surface area contributed by atoms with Gasteiger partial charge in [0.15, 0.2) is 6.04 Å². The smallest absolute Gasteiger partial charge is 0.364 e. The van der Waals surface area contributed by atoms with Crippen LogP contribution < -0.4 is 4.74 Å². The predicted octanol–water partition coefficient (Wildman–Crippen LogP) is 8.91. The van der Waals surface area contributed by atoms with E-state index in [4.69, 9.17) is 9.47 Å². The molecule has 0 bridgehead atoms. The molecule has 0 amide bonds. The Hall–Kier alpha value is -2.33. The maximum atomic E-state index is 12.7. The topological polar surface area (TPSA) is 35.5 Å². The summed E-state index contributed by atoms with van der Waals surface area (Å²) in [4.78, 5) is 12.7. The lowest BCUT2D eigenvalue weighted by Gasteiger charge is -2.34. The van der Waals surface area contributed by atoms with Gasteiger partial charge in [0.1, 0.15) is 12.3 Å². The molecule has 0 N–H and O–H groups in total. The Kier molecular flexibility index (Phi) is 15.9. The number of quaternary nitrogens is 1. The van der Waals surface area contributed by atoms with E-state index in [2.05, 4.69) is 57.4 Å². The van der Waals surface area contributed by atoms with Crippen molar-refractivity contribution >= 4 is 5.97 Å². The third kappa shape index (κ3) is 14.0. The van der Waals surface area contributed by atoms with Crippen LogP contribution >= 0.6 is 0 Å². The molecule has 0 spiro atoms. The van der Waals surface area contributed by atoms with E-state index in [1.54, 1.807) is 0 Å². The Morgan fingerprint density at radius 1 is 0.744 bits per heavy atom. The molecule has 2 aromatic rings. The van der Waals surface area contributed by atoms with Gasteiger partial charge in [0, 0.05) is 12.0 Å². The number of aryl methyl sites for hydroxylation is 1. The largest absolute Gasteiger partial charge is 0.491 e. The van der Waals surface area contributed by atoms with Crippen LogP contribution in [0.5, 0.6) is 5.75 Å². The molecular formula is C35H56NO3+. The van der Waals surface area contributed by atoms with E-state index in [0.717, 1.165) is 18.7 Å². The highest BCUT2D eigenvalue weighted by molar-refractivity contribution is 5.74. The van der Waals surface area contributed by atoms with Crippen LogP contribution in [0.2, 0.25) is 0 Å². The third-order valence-electron chi connectivity index (χ3n) is 7.92. The monoisotopic (exact) mass is 538 g/mol. The van der Waals surface area contributed by atoms with Gasteiger partial charge in [-0.2, -0.15) is 0 Å². The molecule has 0 saturated carbocycles. The van der Waals surface area contributed by atoms with Crippen LogP contribution in [0.4, 0.5) is 0 Å². The second-order valence-corrected chi connectivity index (χ2v) is 11.9. The van der Waals surface area contributed by atoms with Gasteiger partial charge in [-0.25, -0.2) is 4.79 Å². The molecule has 39 heavy (non-hydrogen) atoms.